The maximum absolute atomic E-state index is 12.7. The second-order valence-electron chi connectivity index (χ2n) is 3.20. The van der Waals surface area contributed by atoms with Gasteiger partial charge in [-0.05, 0) is 25.1 Å². The van der Waals surface area contributed by atoms with Crippen LogP contribution in [-0.4, -0.2) is 27.3 Å². The first-order valence-corrected chi connectivity index (χ1v) is 5.05. The standard InChI is InChI=1S/C11H10FN3O2/c1-2-17-11(16)9-5-6-15(14-9)10-4-3-8(12)7-13-10/h3-7H,2H2,1H3. The highest BCUT2D eigenvalue weighted by atomic mass is 19.1. The van der Waals surface area contributed by atoms with Gasteiger partial charge in [0.2, 0.25) is 0 Å². The van der Waals surface area contributed by atoms with E-state index < -0.39 is 11.8 Å². The first-order chi connectivity index (χ1) is 8.20. The predicted octanol–water partition coefficient (Wildman–Crippen LogP) is 1.58. The summed E-state index contributed by atoms with van der Waals surface area (Å²) in [6.45, 7) is 2.01. The smallest absolute Gasteiger partial charge is 0.358 e. The fourth-order valence-corrected chi connectivity index (χ4v) is 1.27. The molecule has 0 fully saturated rings. The van der Waals surface area contributed by atoms with Crippen LogP contribution in [-0.2, 0) is 4.74 Å². The van der Waals surface area contributed by atoms with Gasteiger partial charge in [-0.3, -0.25) is 0 Å². The molecule has 0 spiro atoms. The minimum Gasteiger partial charge on any atom is -0.461 e. The Bertz CT molecular complexity index is 522. The van der Waals surface area contributed by atoms with E-state index in [2.05, 4.69) is 10.1 Å². The molecule has 0 saturated heterocycles. The molecule has 2 aromatic rings. The van der Waals surface area contributed by atoms with Crippen LogP contribution in [0.5, 0.6) is 0 Å². The van der Waals surface area contributed by atoms with E-state index in [0.717, 1.165) is 6.20 Å². The molecule has 0 unspecified atom stereocenters. The van der Waals surface area contributed by atoms with Gasteiger partial charge >= 0.3 is 5.97 Å². The van der Waals surface area contributed by atoms with E-state index in [1.165, 1.54) is 22.9 Å². The molecule has 17 heavy (non-hydrogen) atoms. The van der Waals surface area contributed by atoms with E-state index in [0.29, 0.717) is 12.4 Å². The van der Waals surface area contributed by atoms with Crippen LogP contribution >= 0.6 is 0 Å². The number of carbonyl (C=O) groups excluding carboxylic acids is 1. The van der Waals surface area contributed by atoms with Crippen molar-refractivity contribution in [3.63, 3.8) is 0 Å². The Labute approximate surface area is 96.9 Å². The third-order valence-corrected chi connectivity index (χ3v) is 2.02. The summed E-state index contributed by atoms with van der Waals surface area (Å²) in [5.41, 5.74) is 0.193. The van der Waals surface area contributed by atoms with Crippen molar-refractivity contribution in [1.82, 2.24) is 14.8 Å². The summed E-state index contributed by atoms with van der Waals surface area (Å²) in [5, 5.41) is 3.99. The SMILES string of the molecule is CCOC(=O)c1ccn(-c2ccc(F)cn2)n1. The third kappa shape index (κ3) is 2.47. The maximum Gasteiger partial charge on any atom is 0.358 e. The molecule has 0 bridgehead atoms. The number of hydrogen-bond acceptors (Lipinski definition) is 4. The minimum atomic E-state index is -0.492. The monoisotopic (exact) mass is 235 g/mol. The van der Waals surface area contributed by atoms with Crippen LogP contribution in [0.15, 0.2) is 30.6 Å². The number of nitrogens with zero attached hydrogens (tertiary/aromatic N) is 3. The summed E-state index contributed by atoms with van der Waals surface area (Å²) in [6, 6.07) is 4.26. The van der Waals surface area contributed by atoms with Crippen molar-refractivity contribution >= 4 is 5.97 Å². The number of carbonyl (C=O) groups is 1. The number of hydrogen-bond donors (Lipinski definition) is 0. The molecule has 2 heterocycles. The van der Waals surface area contributed by atoms with Crippen LogP contribution in [0.25, 0.3) is 5.82 Å². The van der Waals surface area contributed by atoms with Gasteiger partial charge in [0, 0.05) is 6.20 Å². The van der Waals surface area contributed by atoms with Gasteiger partial charge in [0.05, 0.1) is 12.8 Å². The van der Waals surface area contributed by atoms with Crippen molar-refractivity contribution in [2.75, 3.05) is 6.61 Å². The van der Waals surface area contributed by atoms with E-state index in [1.54, 1.807) is 13.1 Å². The van der Waals surface area contributed by atoms with Crippen LogP contribution in [0.4, 0.5) is 4.39 Å². The number of rotatable bonds is 3. The van der Waals surface area contributed by atoms with Crippen LogP contribution in [0.2, 0.25) is 0 Å². The highest BCUT2D eigenvalue weighted by Crippen LogP contribution is 2.06. The van der Waals surface area contributed by atoms with Gasteiger partial charge in [-0.1, -0.05) is 0 Å². The van der Waals surface area contributed by atoms with Crippen molar-refractivity contribution in [2.45, 2.75) is 6.92 Å². The molecule has 0 aliphatic carbocycles. The lowest BCUT2D eigenvalue weighted by Gasteiger charge is -1.99. The molecule has 0 amide bonds. The number of ether oxygens (including phenoxy) is 1. The zero-order chi connectivity index (χ0) is 12.3. The van der Waals surface area contributed by atoms with Crippen LogP contribution < -0.4 is 0 Å². The van der Waals surface area contributed by atoms with Gasteiger partial charge in [-0.2, -0.15) is 5.10 Å². The second kappa shape index (κ2) is 4.73. The van der Waals surface area contributed by atoms with Gasteiger partial charge in [-0.25, -0.2) is 18.9 Å². The Kier molecular flexibility index (Phi) is 3.13. The normalized spacial score (nSPS) is 10.2. The second-order valence-corrected chi connectivity index (χ2v) is 3.20. The molecule has 0 saturated carbocycles. The zero-order valence-corrected chi connectivity index (χ0v) is 9.13. The topological polar surface area (TPSA) is 57.0 Å². The lowest BCUT2D eigenvalue weighted by molar-refractivity contribution is 0.0519. The van der Waals surface area contributed by atoms with E-state index in [4.69, 9.17) is 4.74 Å². The summed E-state index contributed by atoms with van der Waals surface area (Å²) >= 11 is 0. The van der Waals surface area contributed by atoms with Gasteiger partial charge < -0.3 is 4.74 Å². The van der Waals surface area contributed by atoms with E-state index in [-0.39, 0.29) is 5.69 Å². The summed E-state index contributed by atoms with van der Waals surface area (Å²) in [5.74, 6) is -0.484. The molecule has 0 aromatic carbocycles. The quantitative estimate of drug-likeness (QED) is 0.758. The van der Waals surface area contributed by atoms with Crippen molar-refractivity contribution < 1.29 is 13.9 Å². The molecule has 2 aromatic heterocycles. The van der Waals surface area contributed by atoms with Crippen LogP contribution in [0.3, 0.4) is 0 Å². The maximum atomic E-state index is 12.7. The highest BCUT2D eigenvalue weighted by Gasteiger charge is 2.11. The van der Waals surface area contributed by atoms with E-state index in [9.17, 15) is 9.18 Å². The molecule has 0 atom stereocenters. The van der Waals surface area contributed by atoms with E-state index >= 15 is 0 Å². The molecule has 0 radical (unpaired) electrons. The molecule has 0 aliphatic rings. The fourth-order valence-electron chi connectivity index (χ4n) is 1.27. The lowest BCUT2D eigenvalue weighted by atomic mass is 10.4. The average molecular weight is 235 g/mol. The average Bonchev–Trinajstić information content (AvgIpc) is 2.80. The summed E-state index contributed by atoms with van der Waals surface area (Å²) in [7, 11) is 0. The summed E-state index contributed by atoms with van der Waals surface area (Å²) in [6.07, 6.45) is 2.65. The van der Waals surface area contributed by atoms with Gasteiger partial charge in [0.15, 0.2) is 11.5 Å². The molecule has 0 aliphatic heterocycles. The Morgan fingerprint density at radius 2 is 2.29 bits per heavy atom. The van der Waals surface area contributed by atoms with Gasteiger partial charge in [0.1, 0.15) is 5.82 Å². The Morgan fingerprint density at radius 1 is 1.47 bits per heavy atom. The van der Waals surface area contributed by atoms with Crippen molar-refractivity contribution in [3.8, 4) is 5.82 Å². The largest absolute Gasteiger partial charge is 0.461 e. The van der Waals surface area contributed by atoms with Gasteiger partial charge in [0.25, 0.3) is 0 Å². The number of esters is 1. The molecule has 6 heteroatoms. The number of pyridine rings is 1. The van der Waals surface area contributed by atoms with Crippen LogP contribution in [0, 0.1) is 5.82 Å². The predicted molar refractivity (Wildman–Crippen MR) is 57.3 cm³/mol. The van der Waals surface area contributed by atoms with Gasteiger partial charge in [-0.15, -0.1) is 0 Å². The third-order valence-electron chi connectivity index (χ3n) is 2.02. The number of aromatic nitrogens is 3. The Morgan fingerprint density at radius 3 is 2.94 bits per heavy atom. The molecule has 0 N–H and O–H groups in total. The van der Waals surface area contributed by atoms with Crippen LogP contribution in [0.1, 0.15) is 17.4 Å². The van der Waals surface area contributed by atoms with Crippen molar-refractivity contribution in [3.05, 3.63) is 42.1 Å². The van der Waals surface area contributed by atoms with Crippen molar-refractivity contribution in [1.29, 1.82) is 0 Å². The highest BCUT2D eigenvalue weighted by molar-refractivity contribution is 5.87. The first kappa shape index (κ1) is 11.3. The Balaban J connectivity index is 2.23. The lowest BCUT2D eigenvalue weighted by Crippen LogP contribution is -2.07. The summed E-state index contributed by atoms with van der Waals surface area (Å²) < 4.78 is 18.9. The minimum absolute atomic E-state index is 0.193. The van der Waals surface area contributed by atoms with Crippen molar-refractivity contribution in [2.24, 2.45) is 0 Å². The molecule has 2 rings (SSSR count). The fraction of sp³-hybridized carbons (Fsp3) is 0.182. The summed E-state index contributed by atoms with van der Waals surface area (Å²) in [4.78, 5) is 15.2. The molecular formula is C11H10FN3O2. The zero-order valence-electron chi connectivity index (χ0n) is 9.13. The number of halogens is 1. The molecular weight excluding hydrogens is 225 g/mol. The molecule has 5 nitrogen and oxygen atoms in total. The first-order valence-electron chi connectivity index (χ1n) is 5.05. The Hall–Kier alpha value is -2.24. The molecule has 88 valence electrons. The van der Waals surface area contributed by atoms with E-state index in [1.807, 2.05) is 0 Å².